The fourth-order valence-electron chi connectivity index (χ4n) is 3.37. The van der Waals surface area contributed by atoms with Crippen molar-refractivity contribution in [3.05, 3.63) is 87.2 Å². The Balaban J connectivity index is 1.71. The molecule has 7 nitrogen and oxygen atoms in total. The molecule has 0 radical (unpaired) electrons. The van der Waals surface area contributed by atoms with Gasteiger partial charge in [0.25, 0.3) is 11.5 Å². The molecule has 2 aromatic heterocycles. The third-order valence-electron chi connectivity index (χ3n) is 5.07. The van der Waals surface area contributed by atoms with Crippen molar-refractivity contribution in [1.29, 1.82) is 0 Å². The number of nitrogens with zero attached hydrogens (tertiary/aromatic N) is 3. The number of aromatic nitrogens is 2. The number of methoxy groups -OCH3 is 1. The van der Waals surface area contributed by atoms with Gasteiger partial charge in [-0.1, -0.05) is 48.3 Å². The number of hydrogen-bond acceptors (Lipinski definition) is 7. The van der Waals surface area contributed by atoms with Crippen molar-refractivity contribution < 1.29 is 9.53 Å². The van der Waals surface area contributed by atoms with Crippen molar-refractivity contribution >= 4 is 51.7 Å². The molecule has 0 bridgehead atoms. The number of fused-ring (bicyclic) bond motifs is 1. The Morgan fingerprint density at radius 1 is 1.21 bits per heavy atom. The summed E-state index contributed by atoms with van der Waals surface area (Å²) in [5.41, 5.74) is 2.39. The first-order valence-electron chi connectivity index (χ1n) is 10.2. The number of hydrogen-bond donors (Lipinski definition) is 1. The summed E-state index contributed by atoms with van der Waals surface area (Å²) in [5, 5.41) is 3.11. The topological polar surface area (TPSA) is 75.9 Å². The Kier molecular flexibility index (Phi) is 6.62. The molecule has 33 heavy (non-hydrogen) atoms. The number of pyridine rings is 1. The Labute approximate surface area is 200 Å². The van der Waals surface area contributed by atoms with Crippen LogP contribution in [0.15, 0.2) is 64.9 Å². The second-order valence-electron chi connectivity index (χ2n) is 7.40. The number of carbonyl (C=O) groups excluding carboxylic acids is 1. The lowest BCUT2D eigenvalue weighted by atomic mass is 10.2. The van der Waals surface area contributed by atoms with E-state index in [2.05, 4.69) is 16.9 Å². The van der Waals surface area contributed by atoms with Gasteiger partial charge < -0.3 is 10.1 Å². The summed E-state index contributed by atoms with van der Waals surface area (Å²) in [5.74, 6) is 0.886. The minimum Gasteiger partial charge on any atom is -0.497 e. The fourth-order valence-corrected chi connectivity index (χ4v) is 4.61. The number of rotatable bonds is 7. The number of carbonyl (C=O) groups is 1. The molecule has 0 aliphatic carbocycles. The highest BCUT2D eigenvalue weighted by Crippen LogP contribution is 2.34. The van der Waals surface area contributed by atoms with Crippen molar-refractivity contribution in [1.82, 2.24) is 14.3 Å². The largest absolute Gasteiger partial charge is 0.497 e. The van der Waals surface area contributed by atoms with Crippen LogP contribution in [0, 0.1) is 6.92 Å². The van der Waals surface area contributed by atoms with Crippen LogP contribution in [0.4, 0.5) is 5.82 Å². The van der Waals surface area contributed by atoms with Gasteiger partial charge in [0.15, 0.2) is 0 Å². The van der Waals surface area contributed by atoms with Gasteiger partial charge in [0.1, 0.15) is 21.5 Å². The van der Waals surface area contributed by atoms with Crippen molar-refractivity contribution in [2.75, 3.05) is 19.0 Å². The number of aryl methyl sites for hydroxylation is 1. The van der Waals surface area contributed by atoms with Crippen LogP contribution in [-0.2, 0) is 11.3 Å². The van der Waals surface area contributed by atoms with E-state index in [9.17, 15) is 9.59 Å². The first-order chi connectivity index (χ1) is 15.9. The average molecular weight is 479 g/mol. The quantitative estimate of drug-likeness (QED) is 0.312. The van der Waals surface area contributed by atoms with E-state index in [4.69, 9.17) is 17.0 Å². The Morgan fingerprint density at radius 2 is 1.97 bits per heavy atom. The van der Waals surface area contributed by atoms with E-state index in [0.29, 0.717) is 39.3 Å². The maximum Gasteiger partial charge on any atom is 0.267 e. The van der Waals surface area contributed by atoms with Crippen LogP contribution in [0.1, 0.15) is 16.7 Å². The number of ether oxygens (including phenoxy) is 1. The van der Waals surface area contributed by atoms with Crippen LogP contribution >= 0.6 is 24.0 Å². The third kappa shape index (κ3) is 4.69. The SMILES string of the molecule is C=CCNc1nc2ccc(C)cn2c(=O)c1/C=C1\SC(=S)N(Cc2ccc(OC)cc2)C1=O. The van der Waals surface area contributed by atoms with E-state index in [-0.39, 0.29) is 11.5 Å². The molecule has 1 aliphatic rings. The normalized spacial score (nSPS) is 14.8. The van der Waals surface area contributed by atoms with E-state index in [1.807, 2.05) is 37.3 Å². The summed E-state index contributed by atoms with van der Waals surface area (Å²) >= 11 is 6.64. The minimum atomic E-state index is -0.268. The number of amides is 1. The van der Waals surface area contributed by atoms with Gasteiger partial charge in [0.2, 0.25) is 0 Å². The summed E-state index contributed by atoms with van der Waals surface area (Å²) in [6.45, 7) is 6.37. The highest BCUT2D eigenvalue weighted by molar-refractivity contribution is 8.26. The van der Waals surface area contributed by atoms with Crippen LogP contribution in [0.5, 0.6) is 5.75 Å². The van der Waals surface area contributed by atoms with Gasteiger partial charge in [-0.3, -0.25) is 18.9 Å². The number of thioether (sulfide) groups is 1. The molecule has 3 aromatic rings. The number of benzene rings is 1. The first-order valence-corrected chi connectivity index (χ1v) is 11.4. The second-order valence-corrected chi connectivity index (χ2v) is 9.08. The molecule has 1 aliphatic heterocycles. The van der Waals surface area contributed by atoms with Gasteiger partial charge in [-0.2, -0.15) is 0 Å². The van der Waals surface area contributed by atoms with Crippen LogP contribution in [0.25, 0.3) is 11.7 Å². The maximum atomic E-state index is 13.3. The minimum absolute atomic E-state index is 0.246. The van der Waals surface area contributed by atoms with Crippen molar-refractivity contribution in [3.8, 4) is 5.75 Å². The summed E-state index contributed by atoms with van der Waals surface area (Å²) in [6, 6.07) is 11.1. The fraction of sp³-hybridized carbons (Fsp3) is 0.167. The monoisotopic (exact) mass is 478 g/mol. The van der Waals surface area contributed by atoms with Crippen molar-refractivity contribution in [2.24, 2.45) is 0 Å². The molecule has 1 amide bonds. The molecule has 4 rings (SSSR count). The molecule has 168 valence electrons. The predicted octanol–water partition coefficient (Wildman–Crippen LogP) is 4.01. The summed E-state index contributed by atoms with van der Waals surface area (Å²) in [7, 11) is 1.60. The van der Waals surface area contributed by atoms with E-state index >= 15 is 0 Å². The second kappa shape index (κ2) is 9.60. The lowest BCUT2D eigenvalue weighted by Gasteiger charge is -2.14. The van der Waals surface area contributed by atoms with E-state index in [1.54, 1.807) is 31.5 Å². The first kappa shape index (κ1) is 22.8. The molecule has 0 saturated carbocycles. The van der Waals surface area contributed by atoms with Crippen LogP contribution < -0.4 is 15.6 Å². The summed E-state index contributed by atoms with van der Waals surface area (Å²) in [6.07, 6.45) is 4.98. The van der Waals surface area contributed by atoms with Crippen molar-refractivity contribution in [2.45, 2.75) is 13.5 Å². The standard InChI is InChI=1S/C24H22N4O3S2/c1-4-11-25-21-18(22(29)27-13-15(2)5-10-20(27)26-21)12-19-23(30)28(24(32)33-19)14-16-6-8-17(31-3)9-7-16/h4-10,12-13,25H,1,11,14H2,2-3H3/b19-12-. The maximum absolute atomic E-state index is 13.3. The zero-order chi connectivity index (χ0) is 23.5. The molecule has 0 spiro atoms. The van der Waals surface area contributed by atoms with Gasteiger partial charge in [0, 0.05) is 12.7 Å². The van der Waals surface area contributed by atoms with Gasteiger partial charge in [-0.25, -0.2) is 4.98 Å². The molecule has 1 fully saturated rings. The zero-order valence-corrected chi connectivity index (χ0v) is 19.8. The third-order valence-corrected chi connectivity index (χ3v) is 6.45. The smallest absolute Gasteiger partial charge is 0.267 e. The van der Waals surface area contributed by atoms with Gasteiger partial charge >= 0.3 is 0 Å². The van der Waals surface area contributed by atoms with Crippen molar-refractivity contribution in [3.63, 3.8) is 0 Å². The lowest BCUT2D eigenvalue weighted by Crippen LogP contribution is -2.27. The number of thiocarbonyl (C=S) groups is 1. The number of nitrogens with one attached hydrogen (secondary N) is 1. The van der Waals surface area contributed by atoms with Crippen LogP contribution in [0.3, 0.4) is 0 Å². The molecule has 0 unspecified atom stereocenters. The highest BCUT2D eigenvalue weighted by atomic mass is 32.2. The van der Waals surface area contributed by atoms with Gasteiger partial charge in [-0.05, 0) is 42.3 Å². The van der Waals surface area contributed by atoms with Gasteiger partial charge in [-0.15, -0.1) is 6.58 Å². The molecular formula is C24H22N4O3S2. The van der Waals surface area contributed by atoms with E-state index < -0.39 is 0 Å². The number of anilines is 1. The Hall–Kier alpha value is -3.43. The predicted molar refractivity (Wildman–Crippen MR) is 137 cm³/mol. The van der Waals surface area contributed by atoms with Crippen LogP contribution in [-0.4, -0.2) is 38.2 Å². The summed E-state index contributed by atoms with van der Waals surface area (Å²) < 4.78 is 7.11. The zero-order valence-electron chi connectivity index (χ0n) is 18.2. The molecule has 3 heterocycles. The molecule has 1 N–H and O–H groups in total. The molecular weight excluding hydrogens is 456 g/mol. The Morgan fingerprint density at radius 3 is 2.67 bits per heavy atom. The lowest BCUT2D eigenvalue weighted by molar-refractivity contribution is -0.122. The van der Waals surface area contributed by atoms with E-state index in [1.165, 1.54) is 21.1 Å². The van der Waals surface area contributed by atoms with E-state index in [0.717, 1.165) is 16.9 Å². The average Bonchev–Trinajstić information content (AvgIpc) is 3.08. The molecule has 1 aromatic carbocycles. The highest BCUT2D eigenvalue weighted by Gasteiger charge is 2.32. The Bertz CT molecular complexity index is 1350. The summed E-state index contributed by atoms with van der Waals surface area (Å²) in [4.78, 5) is 33.0. The molecule has 0 atom stereocenters. The van der Waals surface area contributed by atoms with Gasteiger partial charge in [0.05, 0.1) is 24.1 Å². The molecule has 1 saturated heterocycles. The molecule has 9 heteroatoms. The van der Waals surface area contributed by atoms with Crippen LogP contribution in [0.2, 0.25) is 0 Å².